The third-order valence-corrected chi connectivity index (χ3v) is 5.93. The van der Waals surface area contributed by atoms with E-state index in [1.165, 1.54) is 5.56 Å². The first-order valence-electron chi connectivity index (χ1n) is 11.3. The second-order valence-corrected chi connectivity index (χ2v) is 8.60. The van der Waals surface area contributed by atoms with Crippen LogP contribution in [-0.2, 0) is 17.6 Å². The van der Waals surface area contributed by atoms with Crippen molar-refractivity contribution in [2.45, 2.75) is 39.0 Å². The molecular formula is C27H29N3O3. The standard InChI is InChI=1S/C27H29N3O3/c1-18(2)20-11-9-19(10-12-20)14-26(31)30-13-5-8-24-25(30)15-21(17-28-24)27(32)29-22-6-4-7-23(16-22)33-3/h4,6-7,9-12,15-18H,5,8,13-14H2,1-3H3,(H,29,32). The normalized spacial score (nSPS) is 12.9. The molecule has 2 heterocycles. The summed E-state index contributed by atoms with van der Waals surface area (Å²) in [7, 11) is 1.58. The molecule has 0 unspecified atom stereocenters. The van der Waals surface area contributed by atoms with Crippen molar-refractivity contribution in [1.82, 2.24) is 4.98 Å². The first-order valence-corrected chi connectivity index (χ1v) is 11.3. The number of benzene rings is 2. The Balaban J connectivity index is 1.52. The van der Waals surface area contributed by atoms with E-state index in [9.17, 15) is 9.59 Å². The molecule has 6 heteroatoms. The molecule has 33 heavy (non-hydrogen) atoms. The van der Waals surface area contributed by atoms with Gasteiger partial charge in [-0.15, -0.1) is 0 Å². The van der Waals surface area contributed by atoms with Gasteiger partial charge in [0.05, 0.1) is 30.5 Å². The maximum atomic E-state index is 13.2. The van der Waals surface area contributed by atoms with Gasteiger partial charge in [0.2, 0.25) is 5.91 Å². The molecule has 0 saturated carbocycles. The van der Waals surface area contributed by atoms with Gasteiger partial charge < -0.3 is 15.0 Å². The van der Waals surface area contributed by atoms with Gasteiger partial charge in [0.25, 0.3) is 5.91 Å². The predicted octanol–water partition coefficient (Wildman–Crippen LogP) is 4.99. The van der Waals surface area contributed by atoms with E-state index in [-0.39, 0.29) is 11.8 Å². The SMILES string of the molecule is COc1cccc(NC(=O)c2cnc3c(c2)N(C(=O)Cc2ccc(C(C)C)cc2)CCC3)c1. The summed E-state index contributed by atoms with van der Waals surface area (Å²) in [5.41, 5.74) is 4.86. The van der Waals surface area contributed by atoms with Gasteiger partial charge in [0.15, 0.2) is 0 Å². The summed E-state index contributed by atoms with van der Waals surface area (Å²) >= 11 is 0. The molecule has 170 valence electrons. The number of aryl methyl sites for hydroxylation is 1. The fraction of sp³-hybridized carbons (Fsp3) is 0.296. The Kier molecular flexibility index (Phi) is 6.73. The first kappa shape index (κ1) is 22.5. The molecule has 0 spiro atoms. The van der Waals surface area contributed by atoms with Crippen molar-refractivity contribution >= 4 is 23.2 Å². The average molecular weight is 444 g/mol. The number of aromatic nitrogens is 1. The Bertz CT molecular complexity index is 1160. The van der Waals surface area contributed by atoms with Crippen LogP contribution in [0.1, 0.15) is 53.4 Å². The number of amides is 2. The molecule has 2 amide bonds. The molecule has 4 rings (SSSR count). The van der Waals surface area contributed by atoms with Gasteiger partial charge in [0, 0.05) is 24.5 Å². The number of rotatable bonds is 6. The quantitative estimate of drug-likeness (QED) is 0.583. The lowest BCUT2D eigenvalue weighted by Gasteiger charge is -2.29. The number of carbonyl (C=O) groups is 2. The molecule has 6 nitrogen and oxygen atoms in total. The van der Waals surface area contributed by atoms with Crippen LogP contribution in [0.25, 0.3) is 0 Å². The summed E-state index contributed by atoms with van der Waals surface area (Å²) in [4.78, 5) is 32.3. The van der Waals surface area contributed by atoms with Gasteiger partial charge in [-0.2, -0.15) is 0 Å². The maximum Gasteiger partial charge on any atom is 0.257 e. The largest absolute Gasteiger partial charge is 0.497 e. The van der Waals surface area contributed by atoms with Gasteiger partial charge in [-0.05, 0) is 48.1 Å². The summed E-state index contributed by atoms with van der Waals surface area (Å²) in [5.74, 6) is 0.854. The average Bonchev–Trinajstić information content (AvgIpc) is 2.83. The van der Waals surface area contributed by atoms with E-state index in [4.69, 9.17) is 4.74 Å². The van der Waals surface area contributed by atoms with Crippen LogP contribution >= 0.6 is 0 Å². The molecule has 0 radical (unpaired) electrons. The number of carbonyl (C=O) groups excluding carboxylic acids is 2. The molecular weight excluding hydrogens is 414 g/mol. The fourth-order valence-corrected chi connectivity index (χ4v) is 4.01. The molecule has 1 aliphatic rings. The minimum Gasteiger partial charge on any atom is -0.497 e. The van der Waals surface area contributed by atoms with Crippen LogP contribution in [0.5, 0.6) is 5.75 Å². The number of nitrogens with one attached hydrogen (secondary N) is 1. The number of hydrogen-bond donors (Lipinski definition) is 1. The number of pyridine rings is 1. The minimum atomic E-state index is -0.277. The Morgan fingerprint density at radius 2 is 1.91 bits per heavy atom. The molecule has 1 aliphatic heterocycles. The van der Waals surface area contributed by atoms with Gasteiger partial charge >= 0.3 is 0 Å². The Labute approximate surface area is 194 Å². The topological polar surface area (TPSA) is 71.5 Å². The van der Waals surface area contributed by atoms with E-state index < -0.39 is 0 Å². The van der Waals surface area contributed by atoms with Gasteiger partial charge in [0.1, 0.15) is 5.75 Å². The van der Waals surface area contributed by atoms with E-state index in [2.05, 4.69) is 36.3 Å². The second kappa shape index (κ2) is 9.86. The van der Waals surface area contributed by atoms with Crippen LogP contribution in [0.15, 0.2) is 60.8 Å². The molecule has 0 fully saturated rings. The number of methoxy groups -OCH3 is 1. The molecule has 0 aliphatic carbocycles. The van der Waals surface area contributed by atoms with E-state index >= 15 is 0 Å². The van der Waals surface area contributed by atoms with Crippen LogP contribution in [0.4, 0.5) is 11.4 Å². The smallest absolute Gasteiger partial charge is 0.257 e. The third-order valence-electron chi connectivity index (χ3n) is 5.93. The summed E-state index contributed by atoms with van der Waals surface area (Å²) in [6.45, 7) is 4.93. The van der Waals surface area contributed by atoms with E-state index in [0.717, 1.165) is 29.8 Å². The van der Waals surface area contributed by atoms with Crippen LogP contribution in [0, 0.1) is 0 Å². The van der Waals surface area contributed by atoms with Gasteiger partial charge in [-0.1, -0.05) is 44.2 Å². The number of nitrogens with zero attached hydrogens (tertiary/aromatic N) is 2. The van der Waals surface area contributed by atoms with Crippen molar-refractivity contribution in [3.63, 3.8) is 0 Å². The molecule has 2 aromatic carbocycles. The molecule has 0 saturated heterocycles. The third kappa shape index (κ3) is 5.22. The summed E-state index contributed by atoms with van der Waals surface area (Å²) < 4.78 is 5.22. The molecule has 0 bridgehead atoms. The highest BCUT2D eigenvalue weighted by molar-refractivity contribution is 6.05. The lowest BCUT2D eigenvalue weighted by Crippen LogP contribution is -2.37. The highest BCUT2D eigenvalue weighted by Gasteiger charge is 2.25. The van der Waals surface area contributed by atoms with Crippen molar-refractivity contribution in [3.05, 3.63) is 83.2 Å². The Morgan fingerprint density at radius 3 is 2.64 bits per heavy atom. The van der Waals surface area contributed by atoms with E-state index in [1.807, 2.05) is 24.3 Å². The van der Waals surface area contributed by atoms with E-state index in [1.54, 1.807) is 36.4 Å². The van der Waals surface area contributed by atoms with Crippen molar-refractivity contribution in [1.29, 1.82) is 0 Å². The van der Waals surface area contributed by atoms with E-state index in [0.29, 0.717) is 35.9 Å². The van der Waals surface area contributed by atoms with Crippen molar-refractivity contribution in [2.75, 3.05) is 23.9 Å². The van der Waals surface area contributed by atoms with Crippen LogP contribution in [0.2, 0.25) is 0 Å². The zero-order chi connectivity index (χ0) is 23.4. The number of anilines is 2. The predicted molar refractivity (Wildman–Crippen MR) is 130 cm³/mol. The van der Waals surface area contributed by atoms with Gasteiger partial charge in [-0.25, -0.2) is 0 Å². The van der Waals surface area contributed by atoms with Crippen LogP contribution < -0.4 is 15.0 Å². The first-order chi connectivity index (χ1) is 15.9. The highest BCUT2D eigenvalue weighted by Crippen LogP contribution is 2.28. The van der Waals surface area contributed by atoms with Crippen molar-refractivity contribution < 1.29 is 14.3 Å². The maximum absolute atomic E-state index is 13.2. The molecule has 0 atom stereocenters. The second-order valence-electron chi connectivity index (χ2n) is 8.60. The monoisotopic (exact) mass is 443 g/mol. The Morgan fingerprint density at radius 1 is 1.12 bits per heavy atom. The number of hydrogen-bond acceptors (Lipinski definition) is 4. The summed E-state index contributed by atoms with van der Waals surface area (Å²) in [6.07, 6.45) is 3.54. The van der Waals surface area contributed by atoms with Crippen molar-refractivity contribution in [2.24, 2.45) is 0 Å². The summed E-state index contributed by atoms with van der Waals surface area (Å²) in [6, 6.07) is 17.2. The highest BCUT2D eigenvalue weighted by atomic mass is 16.5. The number of ether oxygens (including phenoxy) is 1. The van der Waals surface area contributed by atoms with Crippen LogP contribution in [0.3, 0.4) is 0 Å². The van der Waals surface area contributed by atoms with Crippen LogP contribution in [-0.4, -0.2) is 30.5 Å². The lowest BCUT2D eigenvalue weighted by atomic mass is 10.00. The summed E-state index contributed by atoms with van der Waals surface area (Å²) in [5, 5.41) is 2.88. The van der Waals surface area contributed by atoms with Crippen molar-refractivity contribution in [3.8, 4) is 5.75 Å². The lowest BCUT2D eigenvalue weighted by molar-refractivity contribution is -0.118. The molecule has 1 N–H and O–H groups in total. The molecule has 3 aromatic rings. The minimum absolute atomic E-state index is 0.0143. The zero-order valence-electron chi connectivity index (χ0n) is 19.3. The molecule has 1 aromatic heterocycles. The fourth-order valence-electron chi connectivity index (χ4n) is 4.01. The van der Waals surface area contributed by atoms with Gasteiger partial charge in [-0.3, -0.25) is 14.6 Å². The zero-order valence-corrected chi connectivity index (χ0v) is 19.3. The number of fused-ring (bicyclic) bond motifs is 1. The Hall–Kier alpha value is -3.67.